The molecule has 94 valence electrons. The van der Waals surface area contributed by atoms with Crippen LogP contribution in [0.25, 0.3) is 0 Å². The van der Waals surface area contributed by atoms with Crippen LogP contribution in [0.4, 0.5) is 4.39 Å². The Hall–Kier alpha value is -0.840. The van der Waals surface area contributed by atoms with Gasteiger partial charge in [-0.3, -0.25) is 0 Å². The summed E-state index contributed by atoms with van der Waals surface area (Å²) in [5.74, 6) is -0.246. The second kappa shape index (κ2) is 5.87. The number of rotatable bonds is 3. The quantitative estimate of drug-likeness (QED) is 0.898. The molecule has 0 radical (unpaired) electrons. The van der Waals surface area contributed by atoms with Crippen molar-refractivity contribution in [1.29, 1.82) is 0 Å². The molecule has 0 saturated heterocycles. The van der Waals surface area contributed by atoms with E-state index in [0.29, 0.717) is 15.9 Å². The molecule has 0 saturated carbocycles. The van der Waals surface area contributed by atoms with Crippen molar-refractivity contribution in [2.75, 3.05) is 0 Å². The number of benzene rings is 2. The van der Waals surface area contributed by atoms with E-state index in [2.05, 4.69) is 15.9 Å². The van der Waals surface area contributed by atoms with Crippen molar-refractivity contribution >= 4 is 27.7 Å². The van der Waals surface area contributed by atoms with Crippen LogP contribution in [0.1, 0.15) is 11.1 Å². The first-order valence-electron chi connectivity index (χ1n) is 5.53. The van der Waals surface area contributed by atoms with Crippen molar-refractivity contribution in [3.8, 4) is 0 Å². The van der Waals surface area contributed by atoms with Gasteiger partial charge in [-0.15, -0.1) is 0 Å². The molecule has 0 atom stereocenters. The Labute approximate surface area is 119 Å². The highest BCUT2D eigenvalue weighted by Crippen LogP contribution is 2.34. The van der Waals surface area contributed by atoms with Crippen LogP contribution in [0.3, 0.4) is 0 Å². The van der Waals surface area contributed by atoms with Crippen molar-refractivity contribution in [2.45, 2.75) is 23.3 Å². The highest BCUT2D eigenvalue weighted by molar-refractivity contribution is 9.10. The van der Waals surface area contributed by atoms with Gasteiger partial charge in [0.15, 0.2) is 5.82 Å². The highest BCUT2D eigenvalue weighted by Gasteiger charge is 2.11. The lowest BCUT2D eigenvalue weighted by Crippen LogP contribution is -1.99. The SMILES string of the molecule is Cc1cccc(Sc2ccc(CN)c(Br)c2F)c1. The maximum atomic E-state index is 14.1. The number of nitrogens with two attached hydrogens (primary N) is 1. The van der Waals surface area contributed by atoms with Gasteiger partial charge in [0.05, 0.1) is 4.47 Å². The summed E-state index contributed by atoms with van der Waals surface area (Å²) < 4.78 is 14.6. The zero-order valence-corrected chi connectivity index (χ0v) is 12.3. The summed E-state index contributed by atoms with van der Waals surface area (Å²) in [7, 11) is 0. The maximum Gasteiger partial charge on any atom is 0.151 e. The predicted molar refractivity (Wildman–Crippen MR) is 77.3 cm³/mol. The molecular formula is C14H13BrFNS. The fourth-order valence-electron chi connectivity index (χ4n) is 1.61. The smallest absolute Gasteiger partial charge is 0.151 e. The molecule has 0 unspecified atom stereocenters. The maximum absolute atomic E-state index is 14.1. The van der Waals surface area contributed by atoms with Crippen LogP contribution >= 0.6 is 27.7 Å². The molecule has 4 heteroatoms. The third-order valence-corrected chi connectivity index (χ3v) is 4.45. The molecule has 2 rings (SSSR count). The van der Waals surface area contributed by atoms with Gasteiger partial charge in [0.1, 0.15) is 0 Å². The zero-order valence-electron chi connectivity index (χ0n) is 9.91. The van der Waals surface area contributed by atoms with Gasteiger partial charge in [0.25, 0.3) is 0 Å². The van der Waals surface area contributed by atoms with E-state index in [1.165, 1.54) is 11.8 Å². The monoisotopic (exact) mass is 325 g/mol. The molecule has 0 aliphatic heterocycles. The Morgan fingerprint density at radius 3 is 2.72 bits per heavy atom. The normalized spacial score (nSPS) is 10.7. The van der Waals surface area contributed by atoms with Crippen LogP contribution in [0, 0.1) is 12.7 Å². The topological polar surface area (TPSA) is 26.0 Å². The second-order valence-corrected chi connectivity index (χ2v) is 5.88. The summed E-state index contributed by atoms with van der Waals surface area (Å²) in [4.78, 5) is 1.63. The molecule has 0 aliphatic carbocycles. The van der Waals surface area contributed by atoms with Crippen molar-refractivity contribution < 1.29 is 4.39 Å². The molecule has 1 nitrogen and oxygen atoms in total. The molecule has 0 bridgehead atoms. The van der Waals surface area contributed by atoms with Gasteiger partial charge in [-0.25, -0.2) is 4.39 Å². The van der Waals surface area contributed by atoms with Crippen LogP contribution in [0.15, 0.2) is 50.7 Å². The van der Waals surface area contributed by atoms with Gasteiger partial charge in [-0.05, 0) is 46.6 Å². The number of hydrogen-bond acceptors (Lipinski definition) is 2. The summed E-state index contributed by atoms with van der Waals surface area (Å²) in [5, 5.41) is 0. The van der Waals surface area contributed by atoms with Crippen molar-refractivity contribution in [2.24, 2.45) is 5.73 Å². The molecular weight excluding hydrogens is 313 g/mol. The van der Waals surface area contributed by atoms with Crippen molar-refractivity contribution in [1.82, 2.24) is 0 Å². The minimum Gasteiger partial charge on any atom is -0.326 e. The number of aryl methyl sites for hydroxylation is 1. The predicted octanol–water partition coefficient (Wildman–Crippen LogP) is 4.51. The lowest BCUT2D eigenvalue weighted by molar-refractivity contribution is 0.592. The zero-order chi connectivity index (χ0) is 13.1. The summed E-state index contributed by atoms with van der Waals surface area (Å²) in [5.41, 5.74) is 7.48. The lowest BCUT2D eigenvalue weighted by atomic mass is 10.2. The van der Waals surface area contributed by atoms with Crippen LogP contribution in [-0.4, -0.2) is 0 Å². The molecule has 0 aromatic heterocycles. The number of hydrogen-bond donors (Lipinski definition) is 1. The standard InChI is InChI=1S/C14H13BrFNS/c1-9-3-2-4-11(7-9)18-12-6-5-10(8-17)13(15)14(12)16/h2-7H,8,17H2,1H3. The van der Waals surface area contributed by atoms with Crippen LogP contribution < -0.4 is 5.73 Å². The van der Waals surface area contributed by atoms with Crippen LogP contribution in [0.2, 0.25) is 0 Å². The van der Waals surface area contributed by atoms with E-state index in [1.807, 2.05) is 37.3 Å². The molecule has 0 fully saturated rings. The van der Waals surface area contributed by atoms with Gasteiger partial charge in [-0.1, -0.05) is 35.5 Å². The van der Waals surface area contributed by atoms with Crippen molar-refractivity contribution in [3.05, 3.63) is 57.8 Å². The van der Waals surface area contributed by atoms with E-state index >= 15 is 0 Å². The fourth-order valence-corrected chi connectivity index (χ4v) is 3.23. The summed E-state index contributed by atoms with van der Waals surface area (Å²) in [6, 6.07) is 11.6. The average molecular weight is 326 g/mol. The van der Waals surface area contributed by atoms with Gasteiger partial charge in [0, 0.05) is 16.3 Å². The first-order chi connectivity index (χ1) is 8.61. The molecule has 2 aromatic carbocycles. The molecule has 0 spiro atoms. The number of halogens is 2. The third kappa shape index (κ3) is 2.94. The van der Waals surface area contributed by atoms with Gasteiger partial charge >= 0.3 is 0 Å². The first-order valence-corrected chi connectivity index (χ1v) is 7.14. The molecule has 0 aliphatic rings. The summed E-state index contributed by atoms with van der Waals surface area (Å²) >= 11 is 4.67. The van der Waals surface area contributed by atoms with Gasteiger partial charge in [-0.2, -0.15) is 0 Å². The summed E-state index contributed by atoms with van der Waals surface area (Å²) in [6.07, 6.45) is 0. The lowest BCUT2D eigenvalue weighted by Gasteiger charge is -2.08. The van der Waals surface area contributed by atoms with E-state index < -0.39 is 0 Å². The van der Waals surface area contributed by atoms with E-state index in [4.69, 9.17) is 5.73 Å². The molecule has 2 N–H and O–H groups in total. The van der Waals surface area contributed by atoms with E-state index in [0.717, 1.165) is 16.0 Å². The second-order valence-electron chi connectivity index (χ2n) is 3.97. The molecule has 2 aromatic rings. The van der Waals surface area contributed by atoms with Gasteiger partial charge in [0.2, 0.25) is 0 Å². The van der Waals surface area contributed by atoms with E-state index in [-0.39, 0.29) is 5.82 Å². The Bertz CT molecular complexity index is 572. The fraction of sp³-hybridized carbons (Fsp3) is 0.143. The Balaban J connectivity index is 2.33. The van der Waals surface area contributed by atoms with Crippen LogP contribution in [0.5, 0.6) is 0 Å². The van der Waals surface area contributed by atoms with E-state index in [9.17, 15) is 4.39 Å². The Morgan fingerprint density at radius 1 is 1.28 bits per heavy atom. The van der Waals surface area contributed by atoms with E-state index in [1.54, 1.807) is 6.07 Å². The Kier molecular flexibility index (Phi) is 4.43. The molecule has 0 amide bonds. The third-order valence-electron chi connectivity index (χ3n) is 2.56. The molecule has 0 heterocycles. The van der Waals surface area contributed by atoms with Gasteiger partial charge < -0.3 is 5.73 Å². The minimum atomic E-state index is -0.246. The summed E-state index contributed by atoms with van der Waals surface area (Å²) in [6.45, 7) is 2.35. The van der Waals surface area contributed by atoms with Crippen LogP contribution in [-0.2, 0) is 6.54 Å². The largest absolute Gasteiger partial charge is 0.326 e. The highest BCUT2D eigenvalue weighted by atomic mass is 79.9. The minimum absolute atomic E-state index is 0.246. The van der Waals surface area contributed by atoms with Crippen molar-refractivity contribution in [3.63, 3.8) is 0 Å². The average Bonchev–Trinajstić information content (AvgIpc) is 2.35. The first kappa shape index (κ1) is 13.6. The Morgan fingerprint density at radius 2 is 2.06 bits per heavy atom. The molecule has 18 heavy (non-hydrogen) atoms.